The van der Waals surface area contributed by atoms with Gasteiger partial charge in [-0.15, -0.1) is 0 Å². The molecule has 0 aliphatic heterocycles. The standard InChI is InChI=1S/C16H11ClO3/c17-13-7-9(4-5-15(13)19)6-10-8-12-11(16(10)20)2-1-3-14(12)18/h1-7,18-19H,8H2/b10-6+. The largest absolute Gasteiger partial charge is 0.508 e. The summed E-state index contributed by atoms with van der Waals surface area (Å²) in [4.78, 5) is 12.2. The Labute approximate surface area is 120 Å². The van der Waals surface area contributed by atoms with Crippen LogP contribution in [0, 0.1) is 0 Å². The lowest BCUT2D eigenvalue weighted by atomic mass is 10.1. The number of fused-ring (bicyclic) bond motifs is 1. The van der Waals surface area contributed by atoms with Crippen LogP contribution in [-0.2, 0) is 6.42 Å². The van der Waals surface area contributed by atoms with Crippen LogP contribution in [-0.4, -0.2) is 16.0 Å². The highest BCUT2D eigenvalue weighted by Crippen LogP contribution is 2.34. The number of hydrogen-bond acceptors (Lipinski definition) is 3. The van der Waals surface area contributed by atoms with Crippen LogP contribution in [0.1, 0.15) is 21.5 Å². The molecule has 3 rings (SSSR count). The molecule has 2 N–H and O–H groups in total. The van der Waals surface area contributed by atoms with Gasteiger partial charge >= 0.3 is 0 Å². The molecule has 2 aromatic carbocycles. The second-order valence-corrected chi connectivity index (χ2v) is 5.10. The van der Waals surface area contributed by atoms with Crippen molar-refractivity contribution in [3.63, 3.8) is 0 Å². The smallest absolute Gasteiger partial charge is 0.189 e. The van der Waals surface area contributed by atoms with Crippen LogP contribution >= 0.6 is 11.6 Å². The number of ketones is 1. The molecule has 1 aliphatic rings. The van der Waals surface area contributed by atoms with Gasteiger partial charge in [-0.1, -0.05) is 29.8 Å². The van der Waals surface area contributed by atoms with Crippen molar-refractivity contribution in [1.29, 1.82) is 0 Å². The van der Waals surface area contributed by atoms with Crippen molar-refractivity contribution in [3.05, 3.63) is 63.7 Å². The summed E-state index contributed by atoms with van der Waals surface area (Å²) in [6.07, 6.45) is 2.13. The van der Waals surface area contributed by atoms with E-state index in [0.717, 1.165) is 5.56 Å². The summed E-state index contributed by atoms with van der Waals surface area (Å²) in [7, 11) is 0. The maximum Gasteiger partial charge on any atom is 0.189 e. The third-order valence-corrected chi connectivity index (χ3v) is 3.67. The predicted octanol–water partition coefficient (Wildman–Crippen LogP) is 3.57. The molecule has 0 bridgehead atoms. The fraction of sp³-hybridized carbons (Fsp3) is 0.0625. The molecule has 0 fully saturated rings. The number of carbonyl (C=O) groups excluding carboxylic acids is 1. The zero-order valence-corrected chi connectivity index (χ0v) is 11.2. The molecule has 0 amide bonds. The Balaban J connectivity index is 2.01. The van der Waals surface area contributed by atoms with Crippen LogP contribution in [0.15, 0.2) is 42.0 Å². The van der Waals surface area contributed by atoms with Gasteiger partial charge in [0.1, 0.15) is 11.5 Å². The van der Waals surface area contributed by atoms with Gasteiger partial charge in [-0.05, 0) is 29.8 Å². The van der Waals surface area contributed by atoms with E-state index >= 15 is 0 Å². The molecule has 100 valence electrons. The van der Waals surface area contributed by atoms with Crippen LogP contribution in [0.5, 0.6) is 11.5 Å². The minimum absolute atomic E-state index is 0.00694. The van der Waals surface area contributed by atoms with E-state index in [4.69, 9.17) is 11.6 Å². The first-order chi connectivity index (χ1) is 9.56. The molecule has 0 heterocycles. The number of rotatable bonds is 1. The second-order valence-electron chi connectivity index (χ2n) is 4.69. The molecule has 0 saturated heterocycles. The molecule has 2 aromatic rings. The van der Waals surface area contributed by atoms with Crippen LogP contribution in [0.4, 0.5) is 0 Å². The predicted molar refractivity (Wildman–Crippen MR) is 77.2 cm³/mol. The summed E-state index contributed by atoms with van der Waals surface area (Å²) in [6, 6.07) is 9.71. The summed E-state index contributed by atoms with van der Waals surface area (Å²) in [6.45, 7) is 0. The SMILES string of the molecule is O=C1/C(=C/c2ccc(O)c(Cl)c2)Cc2c(O)cccc21. The molecule has 4 heteroatoms. The number of phenolic OH excluding ortho intramolecular Hbond substituents is 2. The van der Waals surface area contributed by atoms with Crippen molar-refractivity contribution >= 4 is 23.5 Å². The number of allylic oxidation sites excluding steroid dienone is 1. The van der Waals surface area contributed by atoms with Crippen molar-refractivity contribution in [3.8, 4) is 11.5 Å². The minimum Gasteiger partial charge on any atom is -0.508 e. The summed E-state index contributed by atoms with van der Waals surface area (Å²) < 4.78 is 0. The Morgan fingerprint density at radius 2 is 1.90 bits per heavy atom. The highest BCUT2D eigenvalue weighted by atomic mass is 35.5. The minimum atomic E-state index is -0.0832. The zero-order chi connectivity index (χ0) is 14.3. The van der Waals surface area contributed by atoms with E-state index in [1.165, 1.54) is 6.07 Å². The third kappa shape index (κ3) is 2.06. The van der Waals surface area contributed by atoms with Gasteiger partial charge in [0.15, 0.2) is 5.78 Å². The van der Waals surface area contributed by atoms with E-state index in [9.17, 15) is 15.0 Å². The molecular weight excluding hydrogens is 276 g/mol. The summed E-state index contributed by atoms with van der Waals surface area (Å²) in [5.41, 5.74) is 2.54. The first-order valence-electron chi connectivity index (χ1n) is 6.11. The van der Waals surface area contributed by atoms with Crippen LogP contribution < -0.4 is 0 Å². The van der Waals surface area contributed by atoms with E-state index in [0.29, 0.717) is 23.1 Å². The van der Waals surface area contributed by atoms with Gasteiger partial charge in [0, 0.05) is 23.1 Å². The zero-order valence-electron chi connectivity index (χ0n) is 10.4. The number of Topliss-reactive ketones (excluding diaryl/α,β-unsaturated/α-hetero) is 1. The van der Waals surface area contributed by atoms with Crippen LogP contribution in [0.25, 0.3) is 6.08 Å². The van der Waals surface area contributed by atoms with E-state index in [1.807, 2.05) is 0 Å². The van der Waals surface area contributed by atoms with Crippen molar-refractivity contribution < 1.29 is 15.0 Å². The Kier molecular flexibility index (Phi) is 2.99. The molecule has 0 spiro atoms. The van der Waals surface area contributed by atoms with Crippen molar-refractivity contribution in [2.45, 2.75) is 6.42 Å². The van der Waals surface area contributed by atoms with E-state index in [-0.39, 0.29) is 22.3 Å². The van der Waals surface area contributed by atoms with E-state index in [1.54, 1.807) is 36.4 Å². The molecule has 0 saturated carbocycles. The van der Waals surface area contributed by atoms with Crippen molar-refractivity contribution in [1.82, 2.24) is 0 Å². The normalized spacial score (nSPS) is 15.7. The molecule has 20 heavy (non-hydrogen) atoms. The summed E-state index contributed by atoms with van der Waals surface area (Å²) in [5, 5.41) is 19.4. The van der Waals surface area contributed by atoms with Gasteiger partial charge in [0.25, 0.3) is 0 Å². The number of benzene rings is 2. The number of carbonyl (C=O) groups is 1. The third-order valence-electron chi connectivity index (χ3n) is 3.37. The monoisotopic (exact) mass is 286 g/mol. The van der Waals surface area contributed by atoms with Crippen molar-refractivity contribution in [2.24, 2.45) is 0 Å². The molecule has 1 aliphatic carbocycles. The summed E-state index contributed by atoms with van der Waals surface area (Å²) >= 11 is 5.85. The average molecular weight is 287 g/mol. The number of phenols is 2. The average Bonchev–Trinajstić information content (AvgIpc) is 2.73. The molecule has 0 aromatic heterocycles. The van der Waals surface area contributed by atoms with E-state index in [2.05, 4.69) is 0 Å². The lowest BCUT2D eigenvalue weighted by Crippen LogP contribution is -1.94. The highest BCUT2D eigenvalue weighted by Gasteiger charge is 2.26. The fourth-order valence-corrected chi connectivity index (χ4v) is 2.54. The highest BCUT2D eigenvalue weighted by molar-refractivity contribution is 6.32. The fourth-order valence-electron chi connectivity index (χ4n) is 2.35. The molecule has 3 nitrogen and oxygen atoms in total. The maximum atomic E-state index is 12.2. The molecule has 0 radical (unpaired) electrons. The Bertz CT molecular complexity index is 747. The topological polar surface area (TPSA) is 57.5 Å². The van der Waals surface area contributed by atoms with E-state index < -0.39 is 0 Å². The molecule has 0 atom stereocenters. The number of hydrogen-bond donors (Lipinski definition) is 2. The van der Waals surface area contributed by atoms with Crippen molar-refractivity contribution in [2.75, 3.05) is 0 Å². The van der Waals surface area contributed by atoms with Gasteiger partial charge in [0.05, 0.1) is 5.02 Å². The Hall–Kier alpha value is -2.26. The maximum absolute atomic E-state index is 12.2. The van der Waals surface area contributed by atoms with Crippen LogP contribution in [0.2, 0.25) is 5.02 Å². The molecular formula is C16H11ClO3. The Morgan fingerprint density at radius 3 is 2.60 bits per heavy atom. The van der Waals surface area contributed by atoms with Gasteiger partial charge in [-0.3, -0.25) is 4.79 Å². The molecule has 0 unspecified atom stereocenters. The second kappa shape index (κ2) is 4.69. The lowest BCUT2D eigenvalue weighted by Gasteiger charge is -2.00. The Morgan fingerprint density at radius 1 is 1.10 bits per heavy atom. The van der Waals surface area contributed by atoms with Gasteiger partial charge in [-0.25, -0.2) is 0 Å². The van der Waals surface area contributed by atoms with Gasteiger partial charge < -0.3 is 10.2 Å². The summed E-state index contributed by atoms with van der Waals surface area (Å²) in [5.74, 6) is 0.0654. The number of aromatic hydroxyl groups is 2. The quantitative estimate of drug-likeness (QED) is 0.788. The number of halogens is 1. The first kappa shape index (κ1) is 12.8. The lowest BCUT2D eigenvalue weighted by molar-refractivity contribution is 0.104. The van der Waals surface area contributed by atoms with Gasteiger partial charge in [0.2, 0.25) is 0 Å². The van der Waals surface area contributed by atoms with Crippen LogP contribution in [0.3, 0.4) is 0 Å². The first-order valence-corrected chi connectivity index (χ1v) is 6.48. The van der Waals surface area contributed by atoms with Gasteiger partial charge in [-0.2, -0.15) is 0 Å².